The van der Waals surface area contributed by atoms with Gasteiger partial charge >= 0.3 is 0 Å². The molecule has 0 radical (unpaired) electrons. The minimum atomic E-state index is 0.0818. The summed E-state index contributed by atoms with van der Waals surface area (Å²) in [5.74, 6) is 1.24. The van der Waals surface area contributed by atoms with Gasteiger partial charge in [-0.15, -0.1) is 0 Å². The molecule has 0 aromatic heterocycles. The summed E-state index contributed by atoms with van der Waals surface area (Å²) in [4.78, 5) is 12.1. The second kappa shape index (κ2) is 8.15. The van der Waals surface area contributed by atoms with Crippen molar-refractivity contribution in [3.05, 3.63) is 75.4 Å². The zero-order chi connectivity index (χ0) is 20.5. The van der Waals surface area contributed by atoms with Crippen molar-refractivity contribution in [2.24, 2.45) is 11.0 Å². The summed E-state index contributed by atoms with van der Waals surface area (Å²) < 4.78 is 6.52. The number of methoxy groups -OCH3 is 1. The third-order valence-electron chi connectivity index (χ3n) is 5.82. The molecular weight excluding hydrogens is 428 g/mol. The summed E-state index contributed by atoms with van der Waals surface area (Å²) >= 11 is 3.53. The van der Waals surface area contributed by atoms with Gasteiger partial charge in [-0.25, -0.2) is 0 Å². The lowest BCUT2D eigenvalue weighted by atomic mass is 9.77. The van der Waals surface area contributed by atoms with Crippen LogP contribution in [-0.2, 0) is 11.2 Å². The maximum absolute atomic E-state index is 12.1. The van der Waals surface area contributed by atoms with E-state index in [0.29, 0.717) is 6.42 Å². The van der Waals surface area contributed by atoms with Crippen LogP contribution in [0, 0.1) is 5.92 Å². The van der Waals surface area contributed by atoms with Crippen molar-refractivity contribution in [3.63, 3.8) is 0 Å². The molecule has 0 spiro atoms. The number of allylic oxidation sites excluding steroid dienone is 2. The third kappa shape index (κ3) is 3.76. The summed E-state index contributed by atoms with van der Waals surface area (Å²) in [6.07, 6.45) is 4.26. The quantitative estimate of drug-likeness (QED) is 0.549. The number of aryl methyl sites for hydroxylation is 1. The molecule has 2 aromatic carbocycles. The van der Waals surface area contributed by atoms with Gasteiger partial charge < -0.3 is 4.74 Å². The summed E-state index contributed by atoms with van der Waals surface area (Å²) in [7, 11) is 1.69. The highest BCUT2D eigenvalue weighted by atomic mass is 79.9. The number of fused-ring (bicyclic) bond motifs is 3. The van der Waals surface area contributed by atoms with Gasteiger partial charge in [0.25, 0.3) is 0 Å². The summed E-state index contributed by atoms with van der Waals surface area (Å²) in [6, 6.07) is 14.8. The van der Waals surface area contributed by atoms with E-state index < -0.39 is 0 Å². The van der Waals surface area contributed by atoms with Gasteiger partial charge in [0, 0.05) is 34.1 Å². The Labute approximate surface area is 180 Å². The van der Waals surface area contributed by atoms with Gasteiger partial charge in [0.1, 0.15) is 5.75 Å². The van der Waals surface area contributed by atoms with Crippen LogP contribution in [0.2, 0.25) is 0 Å². The highest BCUT2D eigenvalue weighted by molar-refractivity contribution is 9.10. The van der Waals surface area contributed by atoms with E-state index in [1.165, 1.54) is 16.7 Å². The van der Waals surface area contributed by atoms with E-state index in [2.05, 4.69) is 52.3 Å². The Kier molecular flexibility index (Phi) is 5.59. The lowest BCUT2D eigenvalue weighted by molar-refractivity contribution is -0.114. The Morgan fingerprint density at radius 1 is 1.28 bits per heavy atom. The van der Waals surface area contributed by atoms with Gasteiger partial charge in [-0.05, 0) is 55.2 Å². The lowest BCUT2D eigenvalue weighted by Crippen LogP contribution is -2.28. The molecule has 1 heterocycles. The van der Waals surface area contributed by atoms with Crippen LogP contribution in [0.4, 0.5) is 0 Å². The van der Waals surface area contributed by atoms with Crippen molar-refractivity contribution in [3.8, 4) is 5.75 Å². The SMILES string of the molecule is CCC(=O)/C=C(/C)N1N=C2c3cc(OC)ccc3CC[C@H]2[C@@H]1c1ccc(Br)cc1. The van der Waals surface area contributed by atoms with E-state index in [9.17, 15) is 4.79 Å². The Morgan fingerprint density at radius 2 is 2.03 bits per heavy atom. The van der Waals surface area contributed by atoms with Crippen LogP contribution in [0.5, 0.6) is 5.75 Å². The number of hydrogen-bond donors (Lipinski definition) is 0. The number of ether oxygens (including phenoxy) is 1. The molecule has 150 valence electrons. The first kappa shape index (κ1) is 19.9. The third-order valence-corrected chi connectivity index (χ3v) is 6.35. The molecule has 0 amide bonds. The molecule has 4 rings (SSSR count). The second-order valence-corrected chi connectivity index (χ2v) is 8.52. The fraction of sp³-hybridized carbons (Fsp3) is 0.333. The molecule has 2 atom stereocenters. The monoisotopic (exact) mass is 452 g/mol. The van der Waals surface area contributed by atoms with Crippen molar-refractivity contribution in [1.82, 2.24) is 5.01 Å². The fourth-order valence-corrected chi connectivity index (χ4v) is 4.57. The average Bonchev–Trinajstić information content (AvgIpc) is 3.14. The van der Waals surface area contributed by atoms with Gasteiger partial charge in [0.15, 0.2) is 5.78 Å². The van der Waals surface area contributed by atoms with Crippen LogP contribution in [-0.4, -0.2) is 23.6 Å². The van der Waals surface area contributed by atoms with Gasteiger partial charge in [-0.1, -0.05) is 41.1 Å². The molecule has 0 saturated carbocycles. The number of halogens is 1. The van der Waals surface area contributed by atoms with E-state index in [1.807, 2.05) is 24.9 Å². The first-order valence-electron chi connectivity index (χ1n) is 10.0. The van der Waals surface area contributed by atoms with Crippen LogP contribution in [0.15, 0.2) is 63.8 Å². The van der Waals surface area contributed by atoms with Crippen molar-refractivity contribution in [1.29, 1.82) is 0 Å². The van der Waals surface area contributed by atoms with Crippen LogP contribution in [0.25, 0.3) is 0 Å². The van der Waals surface area contributed by atoms with Crippen LogP contribution >= 0.6 is 15.9 Å². The van der Waals surface area contributed by atoms with Crippen molar-refractivity contribution in [2.75, 3.05) is 7.11 Å². The Morgan fingerprint density at radius 3 is 2.72 bits per heavy atom. The van der Waals surface area contributed by atoms with E-state index in [1.54, 1.807) is 13.2 Å². The minimum Gasteiger partial charge on any atom is -0.497 e. The zero-order valence-corrected chi connectivity index (χ0v) is 18.6. The highest BCUT2D eigenvalue weighted by Gasteiger charge is 2.42. The number of carbonyl (C=O) groups is 1. The average molecular weight is 453 g/mol. The molecule has 1 aliphatic heterocycles. The molecule has 0 fully saturated rings. The smallest absolute Gasteiger partial charge is 0.157 e. The number of ketones is 1. The van der Waals surface area contributed by atoms with E-state index in [4.69, 9.17) is 9.84 Å². The molecular formula is C24H25BrN2O2. The Hall–Kier alpha value is -2.40. The van der Waals surface area contributed by atoms with Crippen LogP contribution < -0.4 is 4.74 Å². The standard InChI is InChI=1S/C24H25BrN2O2/c1-4-19(28)13-15(2)27-24(17-5-9-18(25)10-6-17)21-12-8-16-7-11-20(29-3)14-22(16)23(21)26-27/h5-7,9-11,13-14,21,24H,4,8,12H2,1-3H3/b15-13-/t21-,24+/m1/s1. The molecule has 0 unspecified atom stereocenters. The van der Waals surface area contributed by atoms with E-state index >= 15 is 0 Å². The molecule has 0 saturated heterocycles. The fourth-order valence-electron chi connectivity index (χ4n) is 4.30. The summed E-state index contributed by atoms with van der Waals surface area (Å²) in [6.45, 7) is 3.86. The minimum absolute atomic E-state index is 0.0818. The molecule has 29 heavy (non-hydrogen) atoms. The molecule has 4 nitrogen and oxygen atoms in total. The topological polar surface area (TPSA) is 41.9 Å². The normalized spacial score (nSPS) is 20.8. The van der Waals surface area contributed by atoms with Crippen LogP contribution in [0.3, 0.4) is 0 Å². The van der Waals surface area contributed by atoms with Crippen molar-refractivity contribution < 1.29 is 9.53 Å². The highest BCUT2D eigenvalue weighted by Crippen LogP contribution is 2.45. The molecule has 1 aliphatic carbocycles. The Balaban J connectivity index is 1.82. The van der Waals surface area contributed by atoms with E-state index in [0.717, 1.165) is 34.5 Å². The second-order valence-electron chi connectivity index (χ2n) is 7.60. The summed E-state index contributed by atoms with van der Waals surface area (Å²) in [5.41, 5.74) is 5.66. The zero-order valence-electron chi connectivity index (χ0n) is 17.0. The molecule has 0 N–H and O–H groups in total. The number of hydrogen-bond acceptors (Lipinski definition) is 4. The molecule has 2 aromatic rings. The van der Waals surface area contributed by atoms with Gasteiger partial charge in [0.05, 0.1) is 18.9 Å². The van der Waals surface area contributed by atoms with Crippen molar-refractivity contribution >= 4 is 27.4 Å². The number of rotatable bonds is 5. The van der Waals surface area contributed by atoms with Gasteiger partial charge in [-0.3, -0.25) is 9.80 Å². The first-order valence-corrected chi connectivity index (χ1v) is 10.8. The maximum Gasteiger partial charge on any atom is 0.157 e. The predicted molar refractivity (Wildman–Crippen MR) is 119 cm³/mol. The maximum atomic E-state index is 12.1. The first-order chi connectivity index (χ1) is 14.0. The molecule has 5 heteroatoms. The predicted octanol–water partition coefficient (Wildman–Crippen LogP) is 5.66. The number of benzene rings is 2. The van der Waals surface area contributed by atoms with Gasteiger partial charge in [0.2, 0.25) is 0 Å². The number of carbonyl (C=O) groups excluding carboxylic acids is 1. The lowest BCUT2D eigenvalue weighted by Gasteiger charge is -2.31. The molecule has 0 bridgehead atoms. The van der Waals surface area contributed by atoms with Gasteiger partial charge in [-0.2, -0.15) is 5.10 Å². The summed E-state index contributed by atoms with van der Waals surface area (Å²) in [5, 5.41) is 7.10. The van der Waals surface area contributed by atoms with Crippen LogP contribution in [0.1, 0.15) is 49.4 Å². The largest absolute Gasteiger partial charge is 0.497 e. The van der Waals surface area contributed by atoms with E-state index in [-0.39, 0.29) is 17.7 Å². The molecule has 2 aliphatic rings. The number of nitrogens with zero attached hydrogens (tertiary/aromatic N) is 2. The Bertz CT molecular complexity index is 994. The van der Waals surface area contributed by atoms with Crippen molar-refractivity contribution in [2.45, 2.75) is 39.2 Å². The number of hydrazone groups is 1.